The average Bonchev–Trinajstić information content (AvgIpc) is 2.15. The molecule has 3 atom stereocenters. The Morgan fingerprint density at radius 3 is 2.57 bits per heavy atom. The van der Waals surface area contributed by atoms with Crippen molar-refractivity contribution in [3.63, 3.8) is 0 Å². The van der Waals surface area contributed by atoms with Crippen LogP contribution in [0.25, 0.3) is 0 Å². The fourth-order valence-corrected chi connectivity index (χ4v) is 2.14. The Bertz CT molecular complexity index is 173. The third-order valence-electron chi connectivity index (χ3n) is 3.52. The lowest BCUT2D eigenvalue weighted by Gasteiger charge is -2.39. The lowest BCUT2D eigenvalue weighted by molar-refractivity contribution is 0.0370. The number of aliphatic hydroxyl groups excluding tert-OH is 1. The van der Waals surface area contributed by atoms with Crippen LogP contribution in [-0.4, -0.2) is 60.3 Å². The van der Waals surface area contributed by atoms with Crippen LogP contribution in [0.1, 0.15) is 26.7 Å². The number of hydrogen-bond donors (Lipinski definition) is 1. The predicted molar refractivity (Wildman–Crippen MR) is 59.4 cm³/mol. The monoisotopic (exact) mass is 200 g/mol. The molecular weight excluding hydrogens is 176 g/mol. The van der Waals surface area contributed by atoms with Crippen LogP contribution >= 0.6 is 0 Å². The fraction of sp³-hybridized carbons (Fsp3) is 1.00. The van der Waals surface area contributed by atoms with E-state index in [1.807, 2.05) is 6.92 Å². The van der Waals surface area contributed by atoms with E-state index in [0.29, 0.717) is 6.04 Å². The Morgan fingerprint density at radius 1 is 1.43 bits per heavy atom. The molecule has 1 aliphatic rings. The lowest BCUT2D eigenvalue weighted by atomic mass is 10.0. The van der Waals surface area contributed by atoms with Crippen molar-refractivity contribution < 1.29 is 5.11 Å². The molecule has 0 aromatic heterocycles. The van der Waals surface area contributed by atoms with E-state index in [2.05, 4.69) is 30.8 Å². The van der Waals surface area contributed by atoms with Gasteiger partial charge in [0.15, 0.2) is 0 Å². The molecule has 3 heteroatoms. The summed E-state index contributed by atoms with van der Waals surface area (Å²) in [5, 5.41) is 9.53. The summed E-state index contributed by atoms with van der Waals surface area (Å²) in [7, 11) is 4.30. The normalized spacial score (nSPS) is 29.1. The topological polar surface area (TPSA) is 26.7 Å². The zero-order valence-electron chi connectivity index (χ0n) is 9.90. The van der Waals surface area contributed by atoms with Gasteiger partial charge in [-0.05, 0) is 47.3 Å². The van der Waals surface area contributed by atoms with E-state index in [0.717, 1.165) is 6.54 Å². The van der Waals surface area contributed by atoms with Gasteiger partial charge >= 0.3 is 0 Å². The first-order chi connectivity index (χ1) is 6.52. The number of aliphatic hydroxyl groups is 1. The first-order valence-electron chi connectivity index (χ1n) is 5.61. The van der Waals surface area contributed by atoms with Crippen LogP contribution < -0.4 is 0 Å². The Balaban J connectivity index is 2.46. The van der Waals surface area contributed by atoms with Crippen LogP contribution in [0.3, 0.4) is 0 Å². The molecule has 14 heavy (non-hydrogen) atoms. The number of nitrogens with zero attached hydrogens (tertiary/aromatic N) is 2. The molecule has 1 fully saturated rings. The maximum absolute atomic E-state index is 9.53. The first-order valence-corrected chi connectivity index (χ1v) is 5.61. The Labute approximate surface area is 87.7 Å². The van der Waals surface area contributed by atoms with Gasteiger partial charge < -0.3 is 10.0 Å². The summed E-state index contributed by atoms with van der Waals surface area (Å²) in [6, 6.07) is 0.866. The summed E-state index contributed by atoms with van der Waals surface area (Å²) < 4.78 is 0. The number of likely N-dealkylation sites (N-methyl/N-ethyl adjacent to an activating group) is 2. The molecule has 1 rings (SSSR count). The van der Waals surface area contributed by atoms with Crippen LogP contribution in [0.15, 0.2) is 0 Å². The van der Waals surface area contributed by atoms with Gasteiger partial charge in [0.25, 0.3) is 0 Å². The molecule has 1 aliphatic heterocycles. The molecule has 0 saturated carbocycles. The molecule has 0 aliphatic carbocycles. The van der Waals surface area contributed by atoms with Gasteiger partial charge in [-0.25, -0.2) is 0 Å². The predicted octanol–water partition coefficient (Wildman–Crippen LogP) is 0.782. The number of hydrogen-bond acceptors (Lipinski definition) is 3. The number of piperidine rings is 1. The molecule has 0 spiro atoms. The molecule has 0 radical (unpaired) electrons. The molecule has 0 aromatic rings. The molecule has 3 unspecified atom stereocenters. The molecule has 3 nitrogen and oxygen atoms in total. The van der Waals surface area contributed by atoms with Crippen LogP contribution in [-0.2, 0) is 0 Å². The van der Waals surface area contributed by atoms with Crippen molar-refractivity contribution >= 4 is 0 Å². The molecule has 84 valence electrons. The fourth-order valence-electron chi connectivity index (χ4n) is 2.14. The van der Waals surface area contributed by atoms with Gasteiger partial charge in [0.1, 0.15) is 0 Å². The molecule has 1 saturated heterocycles. The summed E-state index contributed by atoms with van der Waals surface area (Å²) >= 11 is 0. The van der Waals surface area contributed by atoms with E-state index < -0.39 is 0 Å². The third-order valence-corrected chi connectivity index (χ3v) is 3.52. The number of likely N-dealkylation sites (tertiary alicyclic amines) is 1. The largest absolute Gasteiger partial charge is 0.392 e. The molecule has 0 bridgehead atoms. The lowest BCUT2D eigenvalue weighted by Crippen LogP contribution is -2.50. The van der Waals surface area contributed by atoms with Crippen LogP contribution in [0, 0.1) is 0 Å². The van der Waals surface area contributed by atoms with Crippen molar-refractivity contribution in [2.24, 2.45) is 0 Å². The second-order valence-electron chi connectivity index (χ2n) is 4.70. The van der Waals surface area contributed by atoms with Crippen molar-refractivity contribution in [2.75, 3.05) is 27.2 Å². The summed E-state index contributed by atoms with van der Waals surface area (Å²) in [4.78, 5) is 4.69. The Hall–Kier alpha value is -0.120. The Kier molecular flexibility index (Phi) is 4.35. The van der Waals surface area contributed by atoms with Crippen LogP contribution in [0.4, 0.5) is 0 Å². The SMILES string of the molecule is CC(O)C(C)N(C)C1CCCN(C)C1. The minimum absolute atomic E-state index is 0.243. The summed E-state index contributed by atoms with van der Waals surface area (Å²) in [5.41, 5.74) is 0. The zero-order valence-corrected chi connectivity index (χ0v) is 9.90. The molecule has 0 aromatic carbocycles. The van der Waals surface area contributed by atoms with Crippen molar-refractivity contribution in [2.45, 2.75) is 44.9 Å². The molecular formula is C11H24N2O. The highest BCUT2D eigenvalue weighted by atomic mass is 16.3. The summed E-state index contributed by atoms with van der Waals surface area (Å²) in [6.07, 6.45) is 2.29. The summed E-state index contributed by atoms with van der Waals surface area (Å²) in [5.74, 6) is 0. The molecule has 1 heterocycles. The maximum Gasteiger partial charge on any atom is 0.0664 e. The van der Waals surface area contributed by atoms with Gasteiger partial charge in [-0.1, -0.05) is 0 Å². The minimum Gasteiger partial charge on any atom is -0.392 e. The van der Waals surface area contributed by atoms with Gasteiger partial charge in [0.05, 0.1) is 6.10 Å². The van der Waals surface area contributed by atoms with Crippen LogP contribution in [0.2, 0.25) is 0 Å². The van der Waals surface area contributed by atoms with Gasteiger partial charge in [0, 0.05) is 18.6 Å². The van der Waals surface area contributed by atoms with Gasteiger partial charge in [-0.2, -0.15) is 0 Å². The smallest absolute Gasteiger partial charge is 0.0664 e. The minimum atomic E-state index is -0.243. The van der Waals surface area contributed by atoms with Gasteiger partial charge in [0.2, 0.25) is 0 Å². The summed E-state index contributed by atoms with van der Waals surface area (Å²) in [6.45, 7) is 6.31. The van der Waals surface area contributed by atoms with Gasteiger partial charge in [-0.3, -0.25) is 4.90 Å². The van der Waals surface area contributed by atoms with E-state index >= 15 is 0 Å². The molecule has 1 N–H and O–H groups in total. The number of rotatable bonds is 3. The molecule has 0 amide bonds. The highest BCUT2D eigenvalue weighted by molar-refractivity contribution is 4.82. The maximum atomic E-state index is 9.53. The van der Waals surface area contributed by atoms with E-state index in [9.17, 15) is 5.11 Å². The van der Waals surface area contributed by atoms with E-state index in [1.54, 1.807) is 0 Å². The highest BCUT2D eigenvalue weighted by Crippen LogP contribution is 2.16. The quantitative estimate of drug-likeness (QED) is 0.729. The third kappa shape index (κ3) is 2.94. The van der Waals surface area contributed by atoms with Crippen molar-refractivity contribution in [3.8, 4) is 0 Å². The van der Waals surface area contributed by atoms with Crippen molar-refractivity contribution in [1.29, 1.82) is 0 Å². The van der Waals surface area contributed by atoms with Crippen molar-refractivity contribution in [3.05, 3.63) is 0 Å². The van der Waals surface area contributed by atoms with E-state index in [-0.39, 0.29) is 12.1 Å². The average molecular weight is 200 g/mol. The Morgan fingerprint density at radius 2 is 2.07 bits per heavy atom. The first kappa shape index (κ1) is 12.0. The standard InChI is InChI=1S/C11H24N2O/c1-9(10(2)14)13(4)11-6-5-7-12(3)8-11/h9-11,14H,5-8H2,1-4H3. The zero-order chi connectivity index (χ0) is 10.7. The van der Waals surface area contributed by atoms with E-state index in [4.69, 9.17) is 0 Å². The highest BCUT2D eigenvalue weighted by Gasteiger charge is 2.25. The van der Waals surface area contributed by atoms with Crippen LogP contribution in [0.5, 0.6) is 0 Å². The second kappa shape index (κ2) is 5.10. The second-order valence-corrected chi connectivity index (χ2v) is 4.70. The van der Waals surface area contributed by atoms with Gasteiger partial charge in [-0.15, -0.1) is 0 Å². The van der Waals surface area contributed by atoms with E-state index in [1.165, 1.54) is 19.4 Å². The van der Waals surface area contributed by atoms with Crippen molar-refractivity contribution in [1.82, 2.24) is 9.80 Å².